The van der Waals surface area contributed by atoms with Crippen molar-refractivity contribution in [2.75, 3.05) is 31.1 Å². The van der Waals surface area contributed by atoms with Gasteiger partial charge in [0.05, 0.1) is 5.56 Å². The highest BCUT2D eigenvalue weighted by Gasteiger charge is 2.31. The Labute approximate surface area is 154 Å². The van der Waals surface area contributed by atoms with Gasteiger partial charge in [-0.25, -0.2) is 22.0 Å². The number of carbonyl (C=O) groups is 1. The first-order valence-electron chi connectivity index (χ1n) is 7.63. The van der Waals surface area contributed by atoms with E-state index in [0.29, 0.717) is 10.0 Å². The van der Waals surface area contributed by atoms with E-state index in [0.717, 1.165) is 4.90 Å². The zero-order valence-corrected chi connectivity index (χ0v) is 14.8. The van der Waals surface area contributed by atoms with Crippen molar-refractivity contribution in [1.29, 1.82) is 0 Å². The highest BCUT2D eigenvalue weighted by molar-refractivity contribution is 9.10. The second-order valence-corrected chi connectivity index (χ2v) is 6.53. The molecule has 0 N–H and O–H groups in total. The summed E-state index contributed by atoms with van der Waals surface area (Å²) < 4.78 is 68.3. The lowest BCUT2D eigenvalue weighted by molar-refractivity contribution is 0.0745. The van der Waals surface area contributed by atoms with Gasteiger partial charge in [-0.3, -0.25) is 4.79 Å². The second-order valence-electron chi connectivity index (χ2n) is 5.68. The number of carbonyl (C=O) groups excluding carboxylic acids is 1. The maximum absolute atomic E-state index is 13.9. The van der Waals surface area contributed by atoms with Crippen LogP contribution in [-0.2, 0) is 0 Å². The predicted molar refractivity (Wildman–Crippen MR) is 88.5 cm³/mol. The molecule has 2 aromatic carbocycles. The first-order chi connectivity index (χ1) is 12.3. The third-order valence-corrected chi connectivity index (χ3v) is 4.87. The van der Waals surface area contributed by atoms with E-state index in [2.05, 4.69) is 15.9 Å². The molecule has 1 amide bonds. The SMILES string of the molecule is O=C(c1ccccc1Br)N1CCN(c2c(F)c(F)c(F)c(F)c2F)CC1. The lowest BCUT2D eigenvalue weighted by Gasteiger charge is -2.36. The maximum Gasteiger partial charge on any atom is 0.255 e. The van der Waals surface area contributed by atoms with E-state index in [1.54, 1.807) is 24.3 Å². The first kappa shape index (κ1) is 18.6. The molecule has 9 heteroatoms. The molecule has 2 aromatic rings. The van der Waals surface area contributed by atoms with Crippen LogP contribution in [0.15, 0.2) is 28.7 Å². The van der Waals surface area contributed by atoms with Crippen molar-refractivity contribution in [3.8, 4) is 0 Å². The Balaban J connectivity index is 1.80. The minimum Gasteiger partial charge on any atom is -0.363 e. The van der Waals surface area contributed by atoms with Crippen LogP contribution in [0.3, 0.4) is 0 Å². The third kappa shape index (κ3) is 3.15. The van der Waals surface area contributed by atoms with E-state index in [-0.39, 0.29) is 32.1 Å². The summed E-state index contributed by atoms with van der Waals surface area (Å²) in [6.45, 7) is 0.0441. The number of hydrogen-bond donors (Lipinski definition) is 0. The fourth-order valence-corrected chi connectivity index (χ4v) is 3.26. The number of hydrogen-bond acceptors (Lipinski definition) is 2. The molecule has 1 fully saturated rings. The molecule has 3 rings (SSSR count). The topological polar surface area (TPSA) is 23.6 Å². The van der Waals surface area contributed by atoms with Gasteiger partial charge in [0.2, 0.25) is 5.82 Å². The number of amides is 1. The Bertz CT molecular complexity index is 839. The quantitative estimate of drug-likeness (QED) is 0.403. The molecule has 0 saturated carbocycles. The molecular formula is C17H12BrF5N2O. The molecule has 3 nitrogen and oxygen atoms in total. The minimum atomic E-state index is -2.19. The van der Waals surface area contributed by atoms with E-state index >= 15 is 0 Å². The van der Waals surface area contributed by atoms with Gasteiger partial charge in [0.15, 0.2) is 23.3 Å². The lowest BCUT2D eigenvalue weighted by atomic mass is 10.1. The van der Waals surface area contributed by atoms with Crippen LogP contribution in [0.4, 0.5) is 27.6 Å². The number of nitrogens with zero attached hydrogens (tertiary/aromatic N) is 2. The van der Waals surface area contributed by atoms with Gasteiger partial charge in [-0.2, -0.15) is 0 Å². The highest BCUT2D eigenvalue weighted by atomic mass is 79.9. The van der Waals surface area contributed by atoms with Crippen LogP contribution in [0.5, 0.6) is 0 Å². The standard InChI is InChI=1S/C17H12BrF5N2O/c18-10-4-2-1-3-9(10)17(26)25-7-5-24(6-8-25)16-14(22)12(20)11(19)13(21)15(16)23/h1-4H,5-8H2. The van der Waals surface area contributed by atoms with Crippen LogP contribution in [0.25, 0.3) is 0 Å². The Morgan fingerprint density at radius 1 is 0.808 bits per heavy atom. The van der Waals surface area contributed by atoms with Crippen LogP contribution in [0.2, 0.25) is 0 Å². The Morgan fingerprint density at radius 2 is 1.31 bits per heavy atom. The molecule has 0 aromatic heterocycles. The van der Waals surface area contributed by atoms with Gasteiger partial charge < -0.3 is 9.80 Å². The molecule has 0 atom stereocenters. The highest BCUT2D eigenvalue weighted by Crippen LogP contribution is 2.31. The zero-order chi connectivity index (χ0) is 19.0. The largest absolute Gasteiger partial charge is 0.363 e. The molecule has 1 heterocycles. The fraction of sp³-hybridized carbons (Fsp3) is 0.235. The van der Waals surface area contributed by atoms with Gasteiger partial charge in [-0.05, 0) is 28.1 Å². The second kappa shape index (κ2) is 7.22. The number of benzene rings is 2. The number of halogens is 6. The minimum absolute atomic E-state index is 0.0610. The van der Waals surface area contributed by atoms with E-state index in [1.165, 1.54) is 4.90 Å². The molecule has 0 bridgehead atoms. The summed E-state index contributed by atoms with van der Waals surface area (Å²) in [5.74, 6) is -10.2. The van der Waals surface area contributed by atoms with Crippen molar-refractivity contribution in [2.24, 2.45) is 0 Å². The van der Waals surface area contributed by atoms with Gasteiger partial charge in [-0.1, -0.05) is 12.1 Å². The predicted octanol–water partition coefficient (Wildman–Crippen LogP) is 4.11. The third-order valence-electron chi connectivity index (χ3n) is 4.17. The van der Waals surface area contributed by atoms with Crippen LogP contribution in [-0.4, -0.2) is 37.0 Å². The summed E-state index contributed by atoms with van der Waals surface area (Å²) in [4.78, 5) is 15.0. The molecule has 0 radical (unpaired) electrons. The van der Waals surface area contributed by atoms with Crippen LogP contribution < -0.4 is 4.90 Å². The molecule has 0 aliphatic carbocycles. The summed E-state index contributed by atoms with van der Waals surface area (Å²) in [5.41, 5.74) is -0.536. The van der Waals surface area contributed by atoms with Crippen molar-refractivity contribution < 1.29 is 26.7 Å². The Kier molecular flexibility index (Phi) is 5.17. The van der Waals surface area contributed by atoms with Crippen molar-refractivity contribution >= 4 is 27.5 Å². The summed E-state index contributed by atoms with van der Waals surface area (Å²) in [7, 11) is 0. The average molecular weight is 435 g/mol. The summed E-state index contributed by atoms with van der Waals surface area (Å²) >= 11 is 3.28. The smallest absolute Gasteiger partial charge is 0.255 e. The van der Waals surface area contributed by atoms with Gasteiger partial charge in [0, 0.05) is 30.7 Å². The molecule has 1 saturated heterocycles. The number of rotatable bonds is 2. The van der Waals surface area contributed by atoms with Crippen LogP contribution >= 0.6 is 15.9 Å². The average Bonchev–Trinajstić information content (AvgIpc) is 2.65. The Hall–Kier alpha value is -2.16. The summed E-state index contributed by atoms with van der Waals surface area (Å²) in [6, 6.07) is 6.78. The normalized spacial score (nSPS) is 14.7. The van der Waals surface area contributed by atoms with Crippen molar-refractivity contribution in [3.63, 3.8) is 0 Å². The van der Waals surface area contributed by atoms with Crippen molar-refractivity contribution in [2.45, 2.75) is 0 Å². The monoisotopic (exact) mass is 434 g/mol. The van der Waals surface area contributed by atoms with E-state index in [1.807, 2.05) is 0 Å². The first-order valence-corrected chi connectivity index (χ1v) is 8.42. The van der Waals surface area contributed by atoms with Gasteiger partial charge in [0.25, 0.3) is 5.91 Å². The van der Waals surface area contributed by atoms with Crippen molar-refractivity contribution in [3.05, 3.63) is 63.4 Å². The van der Waals surface area contributed by atoms with Gasteiger partial charge in [-0.15, -0.1) is 0 Å². The molecule has 26 heavy (non-hydrogen) atoms. The van der Waals surface area contributed by atoms with Crippen molar-refractivity contribution in [1.82, 2.24) is 4.90 Å². The molecular weight excluding hydrogens is 423 g/mol. The maximum atomic E-state index is 13.9. The number of piperazine rings is 1. The summed E-state index contributed by atoms with van der Waals surface area (Å²) in [5, 5.41) is 0. The lowest BCUT2D eigenvalue weighted by Crippen LogP contribution is -2.49. The molecule has 1 aliphatic heterocycles. The summed E-state index contributed by atoms with van der Waals surface area (Å²) in [6.07, 6.45) is 0. The molecule has 0 unspecified atom stereocenters. The Morgan fingerprint density at radius 3 is 1.85 bits per heavy atom. The van der Waals surface area contributed by atoms with Crippen LogP contribution in [0, 0.1) is 29.1 Å². The van der Waals surface area contributed by atoms with E-state index < -0.39 is 34.8 Å². The molecule has 1 aliphatic rings. The van der Waals surface area contributed by atoms with Gasteiger partial charge in [0.1, 0.15) is 5.69 Å². The van der Waals surface area contributed by atoms with Crippen LogP contribution in [0.1, 0.15) is 10.4 Å². The van der Waals surface area contributed by atoms with E-state index in [9.17, 15) is 26.7 Å². The van der Waals surface area contributed by atoms with E-state index in [4.69, 9.17) is 0 Å². The molecule has 0 spiro atoms. The molecule has 138 valence electrons. The fourth-order valence-electron chi connectivity index (χ4n) is 2.81. The van der Waals surface area contributed by atoms with Gasteiger partial charge >= 0.3 is 0 Å². The zero-order valence-electron chi connectivity index (χ0n) is 13.2. The number of anilines is 1.